The molecule has 0 amide bonds. The predicted molar refractivity (Wildman–Crippen MR) is 63.5 cm³/mol. The molecule has 0 fully saturated rings. The van der Waals surface area contributed by atoms with Crippen LogP contribution in [0.3, 0.4) is 0 Å². The van der Waals surface area contributed by atoms with E-state index in [1.165, 1.54) is 32.2 Å². The summed E-state index contributed by atoms with van der Waals surface area (Å²) in [6.45, 7) is 10.4. The second-order valence-electron chi connectivity index (χ2n) is 5.40. The SMILES string of the molecule is CCCN[C@H]1CC=C(C(C)(C)C)CC1. The number of allylic oxidation sites excluding steroid dienone is 1. The second kappa shape index (κ2) is 4.97. The van der Waals surface area contributed by atoms with Crippen molar-refractivity contribution in [2.75, 3.05) is 6.54 Å². The third kappa shape index (κ3) is 3.45. The Bertz CT molecular complexity index is 198. The molecule has 0 aromatic heterocycles. The number of hydrogen-bond donors (Lipinski definition) is 1. The number of hydrogen-bond acceptors (Lipinski definition) is 1. The molecule has 82 valence electrons. The molecule has 0 radical (unpaired) electrons. The average Bonchev–Trinajstić information content (AvgIpc) is 2.14. The molecular formula is C13H25N. The van der Waals surface area contributed by atoms with Gasteiger partial charge in [-0.3, -0.25) is 0 Å². The van der Waals surface area contributed by atoms with E-state index in [0.29, 0.717) is 5.41 Å². The summed E-state index contributed by atoms with van der Waals surface area (Å²) in [4.78, 5) is 0. The first kappa shape index (κ1) is 11.8. The summed E-state index contributed by atoms with van der Waals surface area (Å²) in [5.41, 5.74) is 2.03. The molecule has 1 heteroatoms. The van der Waals surface area contributed by atoms with Crippen LogP contribution in [0.15, 0.2) is 11.6 Å². The first-order valence-electron chi connectivity index (χ1n) is 5.97. The summed E-state index contributed by atoms with van der Waals surface area (Å²) in [6.07, 6.45) is 7.53. The largest absolute Gasteiger partial charge is 0.314 e. The van der Waals surface area contributed by atoms with Gasteiger partial charge in [0.2, 0.25) is 0 Å². The summed E-state index contributed by atoms with van der Waals surface area (Å²) >= 11 is 0. The van der Waals surface area contributed by atoms with Crippen LogP contribution in [-0.4, -0.2) is 12.6 Å². The summed E-state index contributed by atoms with van der Waals surface area (Å²) < 4.78 is 0. The van der Waals surface area contributed by atoms with Gasteiger partial charge in [-0.05, 0) is 37.6 Å². The zero-order valence-corrected chi connectivity index (χ0v) is 10.2. The van der Waals surface area contributed by atoms with Crippen LogP contribution in [0.4, 0.5) is 0 Å². The highest BCUT2D eigenvalue weighted by molar-refractivity contribution is 5.14. The van der Waals surface area contributed by atoms with Gasteiger partial charge < -0.3 is 5.32 Å². The lowest BCUT2D eigenvalue weighted by atomic mass is 9.79. The van der Waals surface area contributed by atoms with Crippen molar-refractivity contribution in [3.8, 4) is 0 Å². The molecule has 0 aromatic carbocycles. The fourth-order valence-electron chi connectivity index (χ4n) is 2.05. The standard InChI is InChI=1S/C13H25N/c1-5-10-14-12-8-6-11(7-9-12)13(2,3)4/h6,12,14H,5,7-10H2,1-4H3/t12-/m0/s1. The highest BCUT2D eigenvalue weighted by atomic mass is 14.9. The fraction of sp³-hybridized carbons (Fsp3) is 0.846. The van der Waals surface area contributed by atoms with Crippen LogP contribution in [0, 0.1) is 5.41 Å². The summed E-state index contributed by atoms with van der Waals surface area (Å²) in [5.74, 6) is 0. The van der Waals surface area contributed by atoms with Gasteiger partial charge >= 0.3 is 0 Å². The van der Waals surface area contributed by atoms with Crippen LogP contribution in [0.25, 0.3) is 0 Å². The van der Waals surface area contributed by atoms with Gasteiger partial charge in [0.1, 0.15) is 0 Å². The van der Waals surface area contributed by atoms with E-state index in [0.717, 1.165) is 6.04 Å². The molecule has 0 heterocycles. The van der Waals surface area contributed by atoms with Crippen molar-refractivity contribution in [1.29, 1.82) is 0 Å². The second-order valence-corrected chi connectivity index (χ2v) is 5.40. The van der Waals surface area contributed by atoms with E-state index in [-0.39, 0.29) is 0 Å². The average molecular weight is 195 g/mol. The van der Waals surface area contributed by atoms with Gasteiger partial charge in [0.05, 0.1) is 0 Å². The molecule has 0 saturated carbocycles. The van der Waals surface area contributed by atoms with Crippen molar-refractivity contribution in [3.63, 3.8) is 0 Å². The van der Waals surface area contributed by atoms with Crippen LogP contribution >= 0.6 is 0 Å². The van der Waals surface area contributed by atoms with E-state index in [1.807, 2.05) is 0 Å². The fourth-order valence-corrected chi connectivity index (χ4v) is 2.05. The Morgan fingerprint density at radius 1 is 1.43 bits per heavy atom. The molecule has 0 bridgehead atoms. The van der Waals surface area contributed by atoms with E-state index < -0.39 is 0 Å². The molecular weight excluding hydrogens is 170 g/mol. The Morgan fingerprint density at radius 2 is 2.14 bits per heavy atom. The highest BCUT2D eigenvalue weighted by Gasteiger charge is 2.21. The van der Waals surface area contributed by atoms with Crippen LogP contribution in [0.1, 0.15) is 53.4 Å². The molecule has 1 aliphatic carbocycles. The van der Waals surface area contributed by atoms with Crippen molar-refractivity contribution < 1.29 is 0 Å². The van der Waals surface area contributed by atoms with E-state index in [1.54, 1.807) is 5.57 Å². The summed E-state index contributed by atoms with van der Waals surface area (Å²) in [6, 6.07) is 0.737. The molecule has 1 N–H and O–H groups in total. The van der Waals surface area contributed by atoms with Gasteiger partial charge in [-0.25, -0.2) is 0 Å². The molecule has 1 atom stereocenters. The van der Waals surface area contributed by atoms with Crippen molar-refractivity contribution in [1.82, 2.24) is 5.32 Å². The molecule has 0 aliphatic heterocycles. The minimum Gasteiger partial charge on any atom is -0.314 e. The van der Waals surface area contributed by atoms with Gasteiger partial charge in [0.25, 0.3) is 0 Å². The zero-order valence-electron chi connectivity index (χ0n) is 10.2. The van der Waals surface area contributed by atoms with Gasteiger partial charge in [-0.2, -0.15) is 0 Å². The third-order valence-electron chi connectivity index (χ3n) is 3.06. The Hall–Kier alpha value is -0.300. The monoisotopic (exact) mass is 195 g/mol. The minimum absolute atomic E-state index is 0.385. The van der Waals surface area contributed by atoms with Crippen molar-refractivity contribution in [2.24, 2.45) is 5.41 Å². The number of nitrogens with one attached hydrogen (secondary N) is 1. The lowest BCUT2D eigenvalue weighted by Crippen LogP contribution is -2.32. The van der Waals surface area contributed by atoms with E-state index in [4.69, 9.17) is 0 Å². The van der Waals surface area contributed by atoms with Gasteiger partial charge in [0.15, 0.2) is 0 Å². The Kier molecular flexibility index (Phi) is 4.18. The first-order valence-corrected chi connectivity index (χ1v) is 5.97. The molecule has 0 saturated heterocycles. The van der Waals surface area contributed by atoms with Gasteiger partial charge in [0, 0.05) is 6.04 Å². The highest BCUT2D eigenvalue weighted by Crippen LogP contribution is 2.32. The first-order chi connectivity index (χ1) is 6.54. The third-order valence-corrected chi connectivity index (χ3v) is 3.06. The Morgan fingerprint density at radius 3 is 2.57 bits per heavy atom. The lowest BCUT2D eigenvalue weighted by Gasteiger charge is -2.30. The molecule has 1 nitrogen and oxygen atoms in total. The van der Waals surface area contributed by atoms with Crippen LogP contribution < -0.4 is 5.32 Å². The Balaban J connectivity index is 2.39. The van der Waals surface area contributed by atoms with Crippen LogP contribution in [-0.2, 0) is 0 Å². The van der Waals surface area contributed by atoms with E-state index >= 15 is 0 Å². The number of rotatable bonds is 3. The molecule has 0 spiro atoms. The molecule has 0 aromatic rings. The molecule has 0 unspecified atom stereocenters. The maximum absolute atomic E-state index is 3.60. The molecule has 1 aliphatic rings. The van der Waals surface area contributed by atoms with E-state index in [2.05, 4.69) is 39.1 Å². The summed E-state index contributed by atoms with van der Waals surface area (Å²) in [5, 5.41) is 3.60. The smallest absolute Gasteiger partial charge is 0.0105 e. The maximum atomic E-state index is 3.60. The van der Waals surface area contributed by atoms with E-state index in [9.17, 15) is 0 Å². The van der Waals surface area contributed by atoms with Crippen LogP contribution in [0.5, 0.6) is 0 Å². The Labute approximate surface area is 89.0 Å². The summed E-state index contributed by atoms with van der Waals surface area (Å²) in [7, 11) is 0. The quantitative estimate of drug-likeness (QED) is 0.680. The van der Waals surface area contributed by atoms with Gasteiger partial charge in [-0.1, -0.05) is 39.3 Å². The predicted octanol–water partition coefficient (Wildman–Crippen LogP) is 3.51. The van der Waals surface area contributed by atoms with Crippen LogP contribution in [0.2, 0.25) is 0 Å². The van der Waals surface area contributed by atoms with Gasteiger partial charge in [-0.15, -0.1) is 0 Å². The van der Waals surface area contributed by atoms with Crippen molar-refractivity contribution in [2.45, 2.75) is 59.4 Å². The van der Waals surface area contributed by atoms with Crippen molar-refractivity contribution >= 4 is 0 Å². The van der Waals surface area contributed by atoms with Crippen molar-refractivity contribution in [3.05, 3.63) is 11.6 Å². The zero-order chi connectivity index (χ0) is 10.6. The normalized spacial score (nSPS) is 23.4. The topological polar surface area (TPSA) is 12.0 Å². The molecule has 1 rings (SSSR count). The lowest BCUT2D eigenvalue weighted by molar-refractivity contribution is 0.410. The minimum atomic E-state index is 0.385. The maximum Gasteiger partial charge on any atom is 0.0105 e. The molecule has 14 heavy (non-hydrogen) atoms.